The van der Waals surface area contributed by atoms with Crippen molar-refractivity contribution in [2.75, 3.05) is 12.3 Å². The summed E-state index contributed by atoms with van der Waals surface area (Å²) in [5.41, 5.74) is 6.80. The number of nitrogen functional groups attached to an aromatic ring is 1. The smallest absolute Gasteiger partial charge is 0.240 e. The zero-order valence-corrected chi connectivity index (χ0v) is 9.83. The minimum absolute atomic E-state index is 0.0293. The molecule has 94 valence electrons. The number of rotatable bonds is 4. The Balaban J connectivity index is 1.73. The molecule has 1 aliphatic rings. The summed E-state index contributed by atoms with van der Waals surface area (Å²) in [4.78, 5) is 23.8. The minimum atomic E-state index is -0.0293. The normalized spacial score (nSPS) is 14.9. The maximum atomic E-state index is 11.7. The highest BCUT2D eigenvalue weighted by atomic mass is 16.1. The number of anilines is 1. The third-order valence-electron chi connectivity index (χ3n) is 3.03. The number of carbonyl (C=O) groups excluding carboxylic acids is 1. The molecule has 1 aliphatic carbocycles. The molecule has 0 bridgehead atoms. The monoisotopic (exact) mass is 246 g/mol. The zero-order valence-electron chi connectivity index (χ0n) is 9.83. The molecule has 2 aromatic rings. The third-order valence-corrected chi connectivity index (χ3v) is 3.03. The first-order chi connectivity index (χ1) is 8.74. The number of nitrogens with two attached hydrogens (primary N) is 1. The summed E-state index contributed by atoms with van der Waals surface area (Å²) < 4.78 is 1.68. The van der Waals surface area contributed by atoms with E-state index in [2.05, 4.69) is 20.3 Å². The van der Waals surface area contributed by atoms with Crippen LogP contribution in [0.1, 0.15) is 12.8 Å². The van der Waals surface area contributed by atoms with E-state index < -0.39 is 0 Å². The molecule has 7 nitrogen and oxygen atoms in total. The lowest BCUT2D eigenvalue weighted by atomic mass is 10.4. The SMILES string of the molecule is Nc1ncnc2c1ncn2CC(=O)NCC1CC1. The van der Waals surface area contributed by atoms with Crippen LogP contribution in [0.5, 0.6) is 0 Å². The molecule has 2 aromatic heterocycles. The van der Waals surface area contributed by atoms with Crippen LogP contribution in [0, 0.1) is 5.92 Å². The zero-order chi connectivity index (χ0) is 12.5. The van der Waals surface area contributed by atoms with E-state index in [4.69, 9.17) is 5.73 Å². The van der Waals surface area contributed by atoms with Gasteiger partial charge in [-0.25, -0.2) is 15.0 Å². The molecule has 0 spiro atoms. The molecule has 3 rings (SSSR count). The topological polar surface area (TPSA) is 98.7 Å². The van der Waals surface area contributed by atoms with Gasteiger partial charge in [-0.2, -0.15) is 0 Å². The van der Waals surface area contributed by atoms with Crippen LogP contribution < -0.4 is 11.1 Å². The minimum Gasteiger partial charge on any atom is -0.382 e. The predicted molar refractivity (Wildman–Crippen MR) is 65.5 cm³/mol. The summed E-state index contributed by atoms with van der Waals surface area (Å²) in [6, 6.07) is 0. The molecule has 0 aromatic carbocycles. The fourth-order valence-corrected chi connectivity index (χ4v) is 1.81. The van der Waals surface area contributed by atoms with E-state index >= 15 is 0 Å². The number of hydrogen-bond donors (Lipinski definition) is 2. The Kier molecular flexibility index (Phi) is 2.58. The number of nitrogens with zero attached hydrogens (tertiary/aromatic N) is 4. The molecule has 0 radical (unpaired) electrons. The van der Waals surface area contributed by atoms with E-state index in [1.165, 1.54) is 19.2 Å². The second kappa shape index (κ2) is 4.25. The Morgan fingerprint density at radius 1 is 1.44 bits per heavy atom. The molecule has 0 unspecified atom stereocenters. The Hall–Kier alpha value is -2.18. The summed E-state index contributed by atoms with van der Waals surface area (Å²) >= 11 is 0. The number of carbonyl (C=O) groups is 1. The van der Waals surface area contributed by atoms with Gasteiger partial charge in [0, 0.05) is 6.54 Å². The highest BCUT2D eigenvalue weighted by molar-refractivity contribution is 5.83. The van der Waals surface area contributed by atoms with Crippen molar-refractivity contribution in [3.8, 4) is 0 Å². The van der Waals surface area contributed by atoms with Crippen LogP contribution in [-0.4, -0.2) is 32.0 Å². The van der Waals surface area contributed by atoms with Crippen molar-refractivity contribution >= 4 is 22.9 Å². The van der Waals surface area contributed by atoms with Gasteiger partial charge in [0.25, 0.3) is 0 Å². The van der Waals surface area contributed by atoms with Crippen molar-refractivity contribution in [1.29, 1.82) is 0 Å². The van der Waals surface area contributed by atoms with Gasteiger partial charge in [-0.1, -0.05) is 0 Å². The Morgan fingerprint density at radius 2 is 2.28 bits per heavy atom. The largest absolute Gasteiger partial charge is 0.382 e. The maximum absolute atomic E-state index is 11.7. The average Bonchev–Trinajstić information content (AvgIpc) is 3.10. The van der Waals surface area contributed by atoms with Crippen molar-refractivity contribution in [3.63, 3.8) is 0 Å². The quantitative estimate of drug-likeness (QED) is 0.787. The van der Waals surface area contributed by atoms with Crippen LogP contribution in [0.25, 0.3) is 11.2 Å². The van der Waals surface area contributed by atoms with Gasteiger partial charge >= 0.3 is 0 Å². The summed E-state index contributed by atoms with van der Waals surface area (Å²) in [6.45, 7) is 0.974. The lowest BCUT2D eigenvalue weighted by Gasteiger charge is -2.05. The first kappa shape index (κ1) is 10.9. The van der Waals surface area contributed by atoms with Crippen LogP contribution in [0.3, 0.4) is 0 Å². The van der Waals surface area contributed by atoms with E-state index in [-0.39, 0.29) is 12.5 Å². The van der Waals surface area contributed by atoms with Gasteiger partial charge in [0.1, 0.15) is 18.4 Å². The van der Waals surface area contributed by atoms with Crippen LogP contribution >= 0.6 is 0 Å². The van der Waals surface area contributed by atoms with Crippen LogP contribution in [0.4, 0.5) is 5.82 Å². The summed E-state index contributed by atoms with van der Waals surface area (Å²) in [7, 11) is 0. The number of fused-ring (bicyclic) bond motifs is 1. The molecule has 1 saturated carbocycles. The van der Waals surface area contributed by atoms with Crippen molar-refractivity contribution < 1.29 is 4.79 Å². The first-order valence-corrected chi connectivity index (χ1v) is 5.92. The predicted octanol–water partition coefficient (Wildman–Crippen LogP) is -0.0653. The molecule has 0 atom stereocenters. The van der Waals surface area contributed by atoms with Gasteiger partial charge in [0.05, 0.1) is 6.33 Å². The van der Waals surface area contributed by atoms with Gasteiger partial charge in [-0.05, 0) is 18.8 Å². The molecule has 0 aliphatic heterocycles. The van der Waals surface area contributed by atoms with Gasteiger partial charge in [0.2, 0.25) is 5.91 Å². The lowest BCUT2D eigenvalue weighted by Crippen LogP contribution is -2.29. The Bertz CT molecular complexity index is 588. The van der Waals surface area contributed by atoms with E-state index in [9.17, 15) is 4.79 Å². The Morgan fingerprint density at radius 3 is 3.06 bits per heavy atom. The first-order valence-electron chi connectivity index (χ1n) is 5.92. The molecule has 1 fully saturated rings. The highest BCUT2D eigenvalue weighted by Crippen LogP contribution is 2.27. The van der Waals surface area contributed by atoms with Crippen LogP contribution in [0.15, 0.2) is 12.7 Å². The van der Waals surface area contributed by atoms with E-state index in [0.717, 1.165) is 6.54 Å². The van der Waals surface area contributed by atoms with Crippen molar-refractivity contribution in [2.45, 2.75) is 19.4 Å². The molecule has 0 saturated heterocycles. The highest BCUT2D eigenvalue weighted by Gasteiger charge is 2.21. The van der Waals surface area contributed by atoms with Crippen LogP contribution in [0.2, 0.25) is 0 Å². The fourth-order valence-electron chi connectivity index (χ4n) is 1.81. The number of imidazole rings is 1. The summed E-state index contributed by atoms with van der Waals surface area (Å²) in [5, 5.41) is 2.90. The van der Waals surface area contributed by atoms with Crippen molar-refractivity contribution in [2.24, 2.45) is 5.92 Å². The second-order valence-corrected chi connectivity index (χ2v) is 4.55. The second-order valence-electron chi connectivity index (χ2n) is 4.55. The molecule has 3 N–H and O–H groups in total. The van der Waals surface area contributed by atoms with E-state index in [1.54, 1.807) is 10.9 Å². The molecular weight excluding hydrogens is 232 g/mol. The molecule has 18 heavy (non-hydrogen) atoms. The van der Waals surface area contributed by atoms with Gasteiger partial charge < -0.3 is 15.6 Å². The number of hydrogen-bond acceptors (Lipinski definition) is 5. The number of aromatic nitrogens is 4. The summed E-state index contributed by atoms with van der Waals surface area (Å²) in [5.74, 6) is 0.974. The average molecular weight is 246 g/mol. The summed E-state index contributed by atoms with van der Waals surface area (Å²) in [6.07, 6.45) is 5.38. The number of nitrogens with one attached hydrogen (secondary N) is 1. The van der Waals surface area contributed by atoms with Gasteiger partial charge in [-0.15, -0.1) is 0 Å². The van der Waals surface area contributed by atoms with Crippen molar-refractivity contribution in [1.82, 2.24) is 24.8 Å². The van der Waals surface area contributed by atoms with Gasteiger partial charge in [-0.3, -0.25) is 4.79 Å². The van der Waals surface area contributed by atoms with Crippen molar-refractivity contribution in [3.05, 3.63) is 12.7 Å². The molecule has 1 amide bonds. The van der Waals surface area contributed by atoms with Crippen LogP contribution in [-0.2, 0) is 11.3 Å². The molecule has 7 heteroatoms. The molecular formula is C11H14N6O. The standard InChI is InChI=1S/C11H14N6O/c12-10-9-11(15-5-14-10)17(6-16-9)4-8(18)13-3-7-1-2-7/h5-7H,1-4H2,(H,13,18)(H2,12,14,15). The van der Waals surface area contributed by atoms with E-state index in [0.29, 0.717) is 22.9 Å². The number of amides is 1. The fraction of sp³-hybridized carbons (Fsp3) is 0.455. The maximum Gasteiger partial charge on any atom is 0.240 e. The van der Waals surface area contributed by atoms with E-state index in [1.807, 2.05) is 0 Å². The van der Waals surface area contributed by atoms with Gasteiger partial charge in [0.15, 0.2) is 11.5 Å². The molecule has 2 heterocycles. The lowest BCUT2D eigenvalue weighted by molar-refractivity contribution is -0.121. The third kappa shape index (κ3) is 2.11. The Labute approximate surface area is 103 Å².